The largest absolute Gasteiger partial charge is 0.280 e. The van der Waals surface area contributed by atoms with E-state index in [2.05, 4.69) is 15.5 Å². The van der Waals surface area contributed by atoms with E-state index >= 15 is 0 Å². The molecule has 10 nitrogen and oxygen atoms in total. The van der Waals surface area contributed by atoms with E-state index in [-0.39, 0.29) is 16.8 Å². The summed E-state index contributed by atoms with van der Waals surface area (Å²) < 4.78 is 3.27. The van der Waals surface area contributed by atoms with Gasteiger partial charge in [-0.15, -0.1) is 0 Å². The number of fused-ring (bicyclic) bond motifs is 1. The molecular formula is C23H20N6O4. The maximum atomic E-state index is 13.2. The third-order valence-corrected chi connectivity index (χ3v) is 5.26. The molecule has 0 aliphatic rings. The van der Waals surface area contributed by atoms with Gasteiger partial charge in [0, 0.05) is 34.6 Å². The first-order valence-electron chi connectivity index (χ1n) is 10.0. The smallest absolute Gasteiger partial charge is 0.267 e. The second kappa shape index (κ2) is 8.50. The molecule has 33 heavy (non-hydrogen) atoms. The second-order valence-corrected chi connectivity index (χ2v) is 7.43. The lowest BCUT2D eigenvalue weighted by Gasteiger charge is -2.16. The molecular weight excluding hydrogens is 424 g/mol. The normalized spacial score (nSPS) is 11.2. The van der Waals surface area contributed by atoms with Gasteiger partial charge in [0.1, 0.15) is 5.82 Å². The molecule has 4 aromatic rings. The fourth-order valence-corrected chi connectivity index (χ4v) is 3.65. The van der Waals surface area contributed by atoms with Crippen LogP contribution < -0.4 is 11.0 Å². The van der Waals surface area contributed by atoms with Crippen LogP contribution >= 0.6 is 0 Å². The number of aryl methyl sites for hydroxylation is 2. The molecule has 0 atom stereocenters. The highest BCUT2D eigenvalue weighted by Gasteiger charge is 2.15. The number of carbonyl (C=O) groups excluding carboxylic acids is 1. The van der Waals surface area contributed by atoms with Gasteiger partial charge in [0.2, 0.25) is 0 Å². The Bertz CT molecular complexity index is 1480. The minimum Gasteiger partial charge on any atom is -0.267 e. The van der Waals surface area contributed by atoms with Crippen molar-refractivity contribution in [3.63, 3.8) is 0 Å². The fourth-order valence-electron chi connectivity index (χ4n) is 3.65. The minimum atomic E-state index is -0.534. The molecule has 0 saturated heterocycles. The van der Waals surface area contributed by atoms with E-state index in [0.29, 0.717) is 22.3 Å². The van der Waals surface area contributed by atoms with Crippen LogP contribution in [0.4, 0.5) is 5.69 Å². The Morgan fingerprint density at radius 1 is 1.09 bits per heavy atom. The summed E-state index contributed by atoms with van der Waals surface area (Å²) in [5, 5.41) is 15.3. The molecule has 0 saturated carbocycles. The Labute approximate surface area is 187 Å². The predicted octanol–water partition coefficient (Wildman–Crippen LogP) is 3.11. The summed E-state index contributed by atoms with van der Waals surface area (Å²) in [7, 11) is 0. The van der Waals surface area contributed by atoms with Crippen molar-refractivity contribution in [1.29, 1.82) is 0 Å². The lowest BCUT2D eigenvalue weighted by atomic mass is 10.2. The van der Waals surface area contributed by atoms with Crippen LogP contribution in [0.3, 0.4) is 0 Å². The number of aromatic nitrogens is 3. The topological polar surface area (TPSA) is 124 Å². The number of nitrogens with one attached hydrogen (secondary N) is 1. The zero-order valence-electron chi connectivity index (χ0n) is 18.1. The Balaban J connectivity index is 1.62. The molecule has 0 fully saturated rings. The number of hydrogen-bond donors (Lipinski definition) is 1. The van der Waals surface area contributed by atoms with Crippen LogP contribution in [-0.2, 0) is 0 Å². The number of hydrogen-bond acceptors (Lipinski definition) is 6. The van der Waals surface area contributed by atoms with Crippen molar-refractivity contribution in [3.05, 3.63) is 103 Å². The van der Waals surface area contributed by atoms with Crippen LogP contribution in [0.25, 0.3) is 10.9 Å². The van der Waals surface area contributed by atoms with Crippen molar-refractivity contribution in [2.75, 3.05) is 0 Å². The average Bonchev–Trinajstić information content (AvgIpc) is 3.07. The molecule has 10 heteroatoms. The standard InChI is InChI=1S/C23H20N6O4/c1-14-12-18(13-24-26-22(30)17-8-10-19(11-9-17)29(32)33)15(2)27(14)28-16(3)25-21-7-5-4-6-20(21)23(28)31/h4-13H,1-3H3,(H,26,30). The zero-order valence-corrected chi connectivity index (χ0v) is 18.1. The summed E-state index contributed by atoms with van der Waals surface area (Å²) in [5.74, 6) is 0.0382. The molecule has 0 unspecified atom stereocenters. The Hall–Kier alpha value is -4.60. The first-order chi connectivity index (χ1) is 15.8. The third-order valence-electron chi connectivity index (χ3n) is 5.26. The number of nitro benzene ring substituents is 1. The van der Waals surface area contributed by atoms with Crippen molar-refractivity contribution >= 4 is 28.7 Å². The SMILES string of the molecule is Cc1cc(C=NNC(=O)c2ccc([N+](=O)[O-])cc2)c(C)n1-n1c(C)nc2ccccc2c1=O. The number of carbonyl (C=O) groups is 1. The van der Waals surface area contributed by atoms with Gasteiger partial charge in [-0.3, -0.25) is 24.4 Å². The van der Waals surface area contributed by atoms with Gasteiger partial charge in [-0.25, -0.2) is 10.4 Å². The molecule has 1 amide bonds. The monoisotopic (exact) mass is 444 g/mol. The van der Waals surface area contributed by atoms with Crippen molar-refractivity contribution < 1.29 is 9.72 Å². The minimum absolute atomic E-state index is 0.101. The van der Waals surface area contributed by atoms with E-state index in [0.717, 1.165) is 11.4 Å². The molecule has 166 valence electrons. The number of nitro groups is 1. The Morgan fingerprint density at radius 2 is 1.79 bits per heavy atom. The summed E-state index contributed by atoms with van der Waals surface area (Å²) >= 11 is 0. The van der Waals surface area contributed by atoms with Crippen molar-refractivity contribution in [2.45, 2.75) is 20.8 Å². The van der Waals surface area contributed by atoms with Crippen LogP contribution in [0.15, 0.2) is 64.5 Å². The Morgan fingerprint density at radius 3 is 2.48 bits per heavy atom. The van der Waals surface area contributed by atoms with Crippen molar-refractivity contribution in [2.24, 2.45) is 5.10 Å². The molecule has 4 rings (SSSR count). The summed E-state index contributed by atoms with van der Waals surface area (Å²) in [4.78, 5) is 40.2. The van der Waals surface area contributed by atoms with E-state index in [4.69, 9.17) is 0 Å². The van der Waals surface area contributed by atoms with Gasteiger partial charge in [0.25, 0.3) is 17.2 Å². The van der Waals surface area contributed by atoms with E-state index in [1.54, 1.807) is 29.8 Å². The number of benzene rings is 2. The molecule has 0 radical (unpaired) electrons. The summed E-state index contributed by atoms with van der Waals surface area (Å²) in [6.07, 6.45) is 1.48. The lowest BCUT2D eigenvalue weighted by Crippen LogP contribution is -2.30. The molecule has 2 aromatic heterocycles. The Kier molecular flexibility index (Phi) is 5.57. The second-order valence-electron chi connectivity index (χ2n) is 7.43. The molecule has 2 aromatic carbocycles. The molecule has 0 spiro atoms. The van der Waals surface area contributed by atoms with Crippen LogP contribution in [0.2, 0.25) is 0 Å². The number of hydrazone groups is 1. The van der Waals surface area contributed by atoms with Gasteiger partial charge >= 0.3 is 0 Å². The molecule has 1 N–H and O–H groups in total. The van der Waals surface area contributed by atoms with Gasteiger partial charge in [0.15, 0.2) is 0 Å². The number of non-ortho nitro benzene ring substituents is 1. The van der Waals surface area contributed by atoms with Crippen LogP contribution in [-0.4, -0.2) is 31.4 Å². The average molecular weight is 444 g/mol. The molecule has 0 bridgehead atoms. The lowest BCUT2D eigenvalue weighted by molar-refractivity contribution is -0.384. The van der Waals surface area contributed by atoms with Crippen LogP contribution in [0.5, 0.6) is 0 Å². The predicted molar refractivity (Wildman–Crippen MR) is 124 cm³/mol. The van der Waals surface area contributed by atoms with Crippen molar-refractivity contribution in [1.82, 2.24) is 19.8 Å². The quantitative estimate of drug-likeness (QED) is 0.288. The first-order valence-corrected chi connectivity index (χ1v) is 10.0. The van der Waals surface area contributed by atoms with Gasteiger partial charge in [-0.2, -0.15) is 9.78 Å². The van der Waals surface area contributed by atoms with E-state index < -0.39 is 10.8 Å². The third kappa shape index (κ3) is 4.01. The molecule has 0 aliphatic heterocycles. The first kappa shape index (κ1) is 21.6. The highest BCUT2D eigenvalue weighted by molar-refractivity contribution is 5.95. The maximum Gasteiger partial charge on any atom is 0.280 e. The van der Waals surface area contributed by atoms with Gasteiger partial charge < -0.3 is 0 Å². The van der Waals surface area contributed by atoms with Crippen LogP contribution in [0, 0.1) is 30.9 Å². The summed E-state index contributed by atoms with van der Waals surface area (Å²) in [5.41, 5.74) is 5.23. The number of amides is 1. The zero-order chi connectivity index (χ0) is 23.7. The number of rotatable bonds is 5. The number of nitrogens with zero attached hydrogens (tertiary/aromatic N) is 5. The highest BCUT2D eigenvalue weighted by atomic mass is 16.6. The fraction of sp³-hybridized carbons (Fsp3) is 0.130. The maximum absolute atomic E-state index is 13.2. The van der Waals surface area contributed by atoms with Gasteiger partial charge in [-0.05, 0) is 51.1 Å². The van der Waals surface area contributed by atoms with E-state index in [1.165, 1.54) is 35.2 Å². The molecule has 2 heterocycles. The van der Waals surface area contributed by atoms with Crippen molar-refractivity contribution in [3.8, 4) is 0 Å². The van der Waals surface area contributed by atoms with Crippen LogP contribution in [0.1, 0.15) is 33.1 Å². The summed E-state index contributed by atoms with van der Waals surface area (Å²) in [6.45, 7) is 5.47. The van der Waals surface area contributed by atoms with E-state index in [1.807, 2.05) is 26.0 Å². The van der Waals surface area contributed by atoms with Gasteiger partial charge in [0.05, 0.1) is 22.0 Å². The number of para-hydroxylation sites is 1. The van der Waals surface area contributed by atoms with Gasteiger partial charge in [-0.1, -0.05) is 12.1 Å². The van der Waals surface area contributed by atoms with E-state index in [9.17, 15) is 19.7 Å². The summed E-state index contributed by atoms with van der Waals surface area (Å²) in [6, 6.07) is 14.2. The highest BCUT2D eigenvalue weighted by Crippen LogP contribution is 2.16. The molecule has 0 aliphatic carbocycles.